The van der Waals surface area contributed by atoms with Crippen LogP contribution in [0.2, 0.25) is 0 Å². The van der Waals surface area contributed by atoms with E-state index in [1.54, 1.807) is 0 Å². The van der Waals surface area contributed by atoms with Gasteiger partial charge >= 0.3 is 12.0 Å². The molecule has 0 atom stereocenters. The van der Waals surface area contributed by atoms with E-state index >= 15 is 0 Å². The van der Waals surface area contributed by atoms with Gasteiger partial charge in [0.05, 0.1) is 0 Å². The van der Waals surface area contributed by atoms with Crippen LogP contribution in [0, 0.1) is 37.1 Å². The van der Waals surface area contributed by atoms with E-state index in [1.165, 1.54) is 34.4 Å². The van der Waals surface area contributed by atoms with Crippen LogP contribution >= 0.6 is 0 Å². The van der Waals surface area contributed by atoms with Crippen molar-refractivity contribution in [3.05, 3.63) is 153 Å². The zero-order valence-electron chi connectivity index (χ0n) is 31.5. The molecule has 2 fully saturated rings. The van der Waals surface area contributed by atoms with Gasteiger partial charge in [0.15, 0.2) is 34.9 Å². The van der Waals surface area contributed by atoms with Crippen molar-refractivity contribution in [3.8, 4) is 0 Å². The van der Waals surface area contributed by atoms with Gasteiger partial charge in [-0.1, -0.05) is 71.0 Å². The highest BCUT2D eigenvalue weighted by Crippen LogP contribution is 2.21. The van der Waals surface area contributed by atoms with Crippen LogP contribution < -0.4 is 9.80 Å². The van der Waals surface area contributed by atoms with Crippen molar-refractivity contribution < 1.29 is 26.6 Å². The highest BCUT2D eigenvalue weighted by molar-refractivity contribution is 5.31. The zero-order valence-corrected chi connectivity index (χ0v) is 31.5. The summed E-state index contributed by atoms with van der Waals surface area (Å²) in [4.78, 5) is 17.8. The maximum Gasteiger partial charge on any atom is 0.324 e. The van der Waals surface area contributed by atoms with Gasteiger partial charge in [-0.3, -0.25) is 9.80 Å². The second-order valence-electron chi connectivity index (χ2n) is 14.2. The van der Waals surface area contributed by atoms with Crippen molar-refractivity contribution in [2.45, 2.75) is 39.8 Å². The molecule has 2 saturated heterocycles. The molecular formula is C42H44F4N8O2. The molecule has 2 aromatic heterocycles. The molecule has 0 radical (unpaired) electrons. The quantitative estimate of drug-likeness (QED) is 0.134. The van der Waals surface area contributed by atoms with E-state index in [0.29, 0.717) is 47.6 Å². The van der Waals surface area contributed by atoms with Gasteiger partial charge in [-0.15, -0.1) is 0 Å². The summed E-state index contributed by atoms with van der Waals surface area (Å²) in [5, 5.41) is 7.96. The highest BCUT2D eigenvalue weighted by atomic mass is 19.2. The van der Waals surface area contributed by atoms with E-state index in [2.05, 4.69) is 102 Å². The predicted molar refractivity (Wildman–Crippen MR) is 204 cm³/mol. The van der Waals surface area contributed by atoms with Crippen LogP contribution in [0.15, 0.2) is 94.0 Å². The van der Waals surface area contributed by atoms with Gasteiger partial charge in [0.1, 0.15) is 0 Å². The van der Waals surface area contributed by atoms with Gasteiger partial charge in [0, 0.05) is 78.3 Å². The van der Waals surface area contributed by atoms with Crippen LogP contribution in [0.1, 0.15) is 45.0 Å². The average Bonchev–Trinajstić information content (AvgIpc) is 3.87. The molecule has 2 aliphatic rings. The lowest BCUT2D eigenvalue weighted by Gasteiger charge is -2.33. The summed E-state index contributed by atoms with van der Waals surface area (Å²) in [5.74, 6) is -2.54. The molecule has 0 spiro atoms. The van der Waals surface area contributed by atoms with Crippen molar-refractivity contribution in [2.24, 2.45) is 0 Å². The number of benzene rings is 4. The van der Waals surface area contributed by atoms with Crippen molar-refractivity contribution in [1.82, 2.24) is 30.1 Å². The molecule has 0 bridgehead atoms. The fourth-order valence-electron chi connectivity index (χ4n) is 6.81. The van der Waals surface area contributed by atoms with Gasteiger partial charge in [0.25, 0.3) is 0 Å². The Morgan fingerprint density at radius 1 is 0.500 bits per heavy atom. The van der Waals surface area contributed by atoms with E-state index in [0.717, 1.165) is 89.7 Å². The van der Waals surface area contributed by atoms with E-state index in [4.69, 9.17) is 9.05 Å². The number of piperazine rings is 2. The molecule has 56 heavy (non-hydrogen) atoms. The second-order valence-corrected chi connectivity index (χ2v) is 14.2. The standard InChI is InChI=1S/2C21H22F2N4O/c2*1-15-4-2-3-5-17(15)14-26-8-10-27(11-9-26)21-24-20(25-28-21)13-16-6-7-18(22)19(23)12-16/h2*2-7,12H,8-11,13-14H2,1H3. The number of anilines is 2. The fourth-order valence-corrected chi connectivity index (χ4v) is 6.81. The van der Waals surface area contributed by atoms with Gasteiger partial charge in [0.2, 0.25) is 0 Å². The van der Waals surface area contributed by atoms with E-state index in [1.807, 2.05) is 0 Å². The molecule has 0 unspecified atom stereocenters. The second kappa shape index (κ2) is 17.9. The van der Waals surface area contributed by atoms with Gasteiger partial charge < -0.3 is 18.8 Å². The fraction of sp³-hybridized carbons (Fsp3) is 0.333. The molecule has 292 valence electrons. The minimum atomic E-state index is -0.869. The Morgan fingerprint density at radius 2 is 0.893 bits per heavy atom. The first-order valence-corrected chi connectivity index (χ1v) is 18.7. The largest absolute Gasteiger partial charge is 0.324 e. The maximum absolute atomic E-state index is 13.3. The Hall–Kier alpha value is -5.60. The molecule has 6 aromatic rings. The van der Waals surface area contributed by atoms with Crippen LogP contribution in [0.25, 0.3) is 0 Å². The number of aromatic nitrogens is 4. The van der Waals surface area contributed by atoms with E-state index in [-0.39, 0.29) is 0 Å². The van der Waals surface area contributed by atoms with Gasteiger partial charge in [-0.05, 0) is 71.5 Å². The number of hydrogen-bond acceptors (Lipinski definition) is 10. The van der Waals surface area contributed by atoms with Crippen LogP contribution in [-0.2, 0) is 25.9 Å². The van der Waals surface area contributed by atoms with E-state index in [9.17, 15) is 17.6 Å². The summed E-state index contributed by atoms with van der Waals surface area (Å²) in [7, 11) is 0. The van der Waals surface area contributed by atoms with Crippen molar-refractivity contribution in [3.63, 3.8) is 0 Å². The van der Waals surface area contributed by atoms with Crippen LogP contribution in [0.5, 0.6) is 0 Å². The van der Waals surface area contributed by atoms with Crippen molar-refractivity contribution in [1.29, 1.82) is 0 Å². The summed E-state index contributed by atoms with van der Waals surface area (Å²) >= 11 is 0. The molecule has 2 aliphatic heterocycles. The Labute approximate surface area is 323 Å². The maximum atomic E-state index is 13.3. The van der Waals surface area contributed by atoms with Crippen LogP contribution in [0.4, 0.5) is 29.6 Å². The number of nitrogens with zero attached hydrogens (tertiary/aromatic N) is 8. The lowest BCUT2D eigenvalue weighted by atomic mass is 10.1. The predicted octanol–water partition coefficient (Wildman–Crippen LogP) is 7.14. The molecular weight excluding hydrogens is 725 g/mol. The molecule has 14 heteroatoms. The number of halogens is 4. The average molecular weight is 769 g/mol. The number of aryl methyl sites for hydroxylation is 2. The van der Waals surface area contributed by atoms with Crippen LogP contribution in [-0.4, -0.2) is 82.4 Å². The molecule has 4 heterocycles. The Kier molecular flexibility index (Phi) is 12.4. The monoisotopic (exact) mass is 768 g/mol. The third-order valence-electron chi connectivity index (χ3n) is 10.2. The first-order valence-electron chi connectivity index (χ1n) is 18.7. The molecule has 10 nitrogen and oxygen atoms in total. The summed E-state index contributed by atoms with van der Waals surface area (Å²) < 4.78 is 63.5. The number of rotatable bonds is 10. The molecule has 0 amide bonds. The Bertz CT molecular complexity index is 2060. The molecule has 8 rings (SSSR count). The molecule has 0 aliphatic carbocycles. The van der Waals surface area contributed by atoms with Crippen LogP contribution in [0.3, 0.4) is 0 Å². The minimum absolute atomic E-state index is 0.300. The molecule has 4 aromatic carbocycles. The summed E-state index contributed by atoms with van der Waals surface area (Å²) in [6.07, 6.45) is 0.599. The minimum Gasteiger partial charge on any atom is -0.322 e. The third-order valence-corrected chi connectivity index (χ3v) is 10.2. The zero-order chi connectivity index (χ0) is 39.0. The SMILES string of the molecule is Cc1ccccc1CN1CCN(c2nc(Cc3ccc(F)c(F)c3)no2)CC1.Cc1ccccc1CN1CCN(c2nc(Cc3ccc(F)c(F)c3)no2)CC1. The summed E-state index contributed by atoms with van der Waals surface area (Å²) in [6.45, 7) is 13.0. The highest BCUT2D eigenvalue weighted by Gasteiger charge is 2.24. The van der Waals surface area contributed by atoms with Gasteiger partial charge in [-0.2, -0.15) is 9.97 Å². The Balaban J connectivity index is 0.000000172. The summed E-state index contributed by atoms with van der Waals surface area (Å²) in [6, 6.07) is 25.4. The third kappa shape index (κ3) is 9.98. The van der Waals surface area contributed by atoms with Crippen molar-refractivity contribution >= 4 is 12.0 Å². The lowest BCUT2D eigenvalue weighted by molar-refractivity contribution is 0.242. The molecule has 0 N–H and O–H groups in total. The lowest BCUT2D eigenvalue weighted by Crippen LogP contribution is -2.46. The summed E-state index contributed by atoms with van der Waals surface area (Å²) in [5.41, 5.74) is 6.53. The number of hydrogen-bond donors (Lipinski definition) is 0. The Morgan fingerprint density at radius 3 is 1.27 bits per heavy atom. The first-order chi connectivity index (χ1) is 27.2. The van der Waals surface area contributed by atoms with E-state index < -0.39 is 23.3 Å². The van der Waals surface area contributed by atoms with Crippen molar-refractivity contribution in [2.75, 3.05) is 62.2 Å². The molecule has 0 saturated carbocycles. The van der Waals surface area contributed by atoms with Gasteiger partial charge in [-0.25, -0.2) is 17.6 Å². The normalized spacial score (nSPS) is 15.2. The smallest absolute Gasteiger partial charge is 0.322 e. The first kappa shape index (κ1) is 38.7. The topological polar surface area (TPSA) is 90.8 Å².